The van der Waals surface area contributed by atoms with Gasteiger partial charge in [0.25, 0.3) is 0 Å². The van der Waals surface area contributed by atoms with Crippen molar-refractivity contribution in [2.24, 2.45) is 0 Å². The molecule has 312 valence electrons. The SMILES string of the molecule is CO[Si](CCCN1CCCN(CCC[Si](OC)(OC)OC)C1)(OC)OC.CO[Si](CCCN1CCCN(CCC[Si](OC)(OC)OC)C1)(OC)OC. The molecule has 0 unspecified atom stereocenters. The van der Waals surface area contributed by atoms with Crippen LogP contribution in [0.1, 0.15) is 38.5 Å². The van der Waals surface area contributed by atoms with Crippen molar-refractivity contribution >= 4 is 35.2 Å². The molecule has 0 saturated carbocycles. The summed E-state index contributed by atoms with van der Waals surface area (Å²) in [5.41, 5.74) is 0. The van der Waals surface area contributed by atoms with E-state index in [0.717, 1.165) is 116 Å². The molecule has 0 bridgehead atoms. The highest BCUT2D eigenvalue weighted by molar-refractivity contribution is 6.61. The first-order valence-electron chi connectivity index (χ1n) is 18.6. The lowest BCUT2D eigenvalue weighted by molar-refractivity contribution is 0.0790. The van der Waals surface area contributed by atoms with E-state index in [9.17, 15) is 0 Å². The van der Waals surface area contributed by atoms with Crippen LogP contribution in [0.3, 0.4) is 0 Å². The smallest absolute Gasteiger partial charge is 0.377 e. The predicted octanol–water partition coefficient (Wildman–Crippen LogP) is 2.98. The van der Waals surface area contributed by atoms with Crippen LogP contribution in [-0.2, 0) is 53.1 Å². The van der Waals surface area contributed by atoms with Crippen LogP contribution in [-0.4, -0.2) is 206 Å². The Balaban J connectivity index is 0.000000520. The normalized spacial score (nSPS) is 17.8. The Bertz CT molecular complexity index is 716. The molecule has 52 heavy (non-hydrogen) atoms. The molecule has 16 nitrogen and oxygen atoms in total. The fourth-order valence-electron chi connectivity index (χ4n) is 6.92. The fraction of sp³-hybridized carbons (Fsp3) is 1.00. The molecule has 0 atom stereocenters. The highest BCUT2D eigenvalue weighted by atomic mass is 28.4. The summed E-state index contributed by atoms with van der Waals surface area (Å²) in [6.45, 7) is 10.7. The molecule has 0 aromatic heterocycles. The van der Waals surface area contributed by atoms with Crippen molar-refractivity contribution in [2.75, 3.05) is 151 Å². The van der Waals surface area contributed by atoms with Gasteiger partial charge in [0, 0.05) is 136 Å². The molecule has 0 N–H and O–H groups in total. The summed E-state index contributed by atoms with van der Waals surface area (Å²) >= 11 is 0. The zero-order chi connectivity index (χ0) is 38.9. The third-order valence-electron chi connectivity index (χ3n) is 10.3. The largest absolute Gasteiger partial charge is 0.500 e. The molecule has 0 aromatic rings. The second-order valence-electron chi connectivity index (χ2n) is 13.1. The van der Waals surface area contributed by atoms with Crippen LogP contribution in [0.5, 0.6) is 0 Å². The van der Waals surface area contributed by atoms with E-state index in [2.05, 4.69) is 19.6 Å². The average Bonchev–Trinajstić information content (AvgIpc) is 3.20. The number of hydrogen-bond acceptors (Lipinski definition) is 16. The second-order valence-corrected chi connectivity index (χ2v) is 25.4. The lowest BCUT2D eigenvalue weighted by Crippen LogP contribution is -2.47. The summed E-state index contributed by atoms with van der Waals surface area (Å²) < 4.78 is 66.0. The van der Waals surface area contributed by atoms with Crippen molar-refractivity contribution in [1.82, 2.24) is 19.6 Å². The van der Waals surface area contributed by atoms with Crippen LogP contribution >= 0.6 is 0 Å². The minimum absolute atomic E-state index is 0.844. The Hall–Kier alpha value is 0.228. The molecule has 2 rings (SSSR count). The maximum Gasteiger partial charge on any atom is 0.500 e. The van der Waals surface area contributed by atoms with E-state index in [0.29, 0.717) is 0 Å². The third-order valence-corrected chi connectivity index (χ3v) is 21.6. The fourth-order valence-corrected chi connectivity index (χ4v) is 13.7. The molecule has 20 heteroatoms. The maximum atomic E-state index is 5.50. The molecular weight excluding hydrogens is 745 g/mol. The van der Waals surface area contributed by atoms with E-state index in [1.165, 1.54) is 12.8 Å². The van der Waals surface area contributed by atoms with Crippen LogP contribution in [0.15, 0.2) is 0 Å². The lowest BCUT2D eigenvalue weighted by atomic mass is 10.2. The van der Waals surface area contributed by atoms with Gasteiger partial charge in [0.15, 0.2) is 0 Å². The Morgan fingerprint density at radius 1 is 0.308 bits per heavy atom. The third kappa shape index (κ3) is 17.2. The number of hydrogen-bond donors (Lipinski definition) is 0. The summed E-state index contributed by atoms with van der Waals surface area (Å²) in [5.74, 6) is 0. The summed E-state index contributed by atoms with van der Waals surface area (Å²) in [4.78, 5) is 9.99. The average molecular weight is 821 g/mol. The Labute approximate surface area is 320 Å². The summed E-state index contributed by atoms with van der Waals surface area (Å²) in [5, 5.41) is 0. The first kappa shape index (κ1) is 50.2. The molecule has 2 saturated heterocycles. The van der Waals surface area contributed by atoms with E-state index in [1.54, 1.807) is 85.3 Å². The van der Waals surface area contributed by atoms with E-state index in [4.69, 9.17) is 53.1 Å². The zero-order valence-corrected chi connectivity index (χ0v) is 38.8. The molecular formula is C32H76N4O12Si4. The van der Waals surface area contributed by atoms with Gasteiger partial charge in [-0.2, -0.15) is 0 Å². The van der Waals surface area contributed by atoms with E-state index < -0.39 is 35.2 Å². The Morgan fingerprint density at radius 2 is 0.481 bits per heavy atom. The van der Waals surface area contributed by atoms with Gasteiger partial charge in [-0.25, -0.2) is 0 Å². The number of nitrogens with zero attached hydrogens (tertiary/aromatic N) is 4. The molecule has 2 aliphatic rings. The van der Waals surface area contributed by atoms with Crippen molar-refractivity contribution in [1.29, 1.82) is 0 Å². The summed E-state index contributed by atoms with van der Waals surface area (Å²) in [7, 11) is 10.3. The quantitative estimate of drug-likeness (QED) is 0.107. The van der Waals surface area contributed by atoms with E-state index in [1.807, 2.05) is 0 Å². The van der Waals surface area contributed by atoms with Gasteiger partial charge < -0.3 is 53.1 Å². The molecule has 0 spiro atoms. The second kappa shape index (κ2) is 27.8. The van der Waals surface area contributed by atoms with Gasteiger partial charge in [0.1, 0.15) is 0 Å². The lowest BCUT2D eigenvalue weighted by Gasteiger charge is -2.36. The van der Waals surface area contributed by atoms with Crippen molar-refractivity contribution in [2.45, 2.75) is 62.7 Å². The van der Waals surface area contributed by atoms with Crippen LogP contribution in [0.2, 0.25) is 24.2 Å². The molecule has 2 heterocycles. The predicted molar refractivity (Wildman–Crippen MR) is 210 cm³/mol. The van der Waals surface area contributed by atoms with Gasteiger partial charge in [-0.3, -0.25) is 19.6 Å². The highest BCUT2D eigenvalue weighted by Gasteiger charge is 2.40. The number of rotatable bonds is 28. The summed E-state index contributed by atoms with van der Waals surface area (Å²) in [6, 6.07) is 3.38. The zero-order valence-electron chi connectivity index (χ0n) is 34.8. The van der Waals surface area contributed by atoms with Crippen molar-refractivity contribution in [3.8, 4) is 0 Å². The molecule has 0 aliphatic carbocycles. The first-order valence-corrected chi connectivity index (χ1v) is 26.3. The van der Waals surface area contributed by atoms with Crippen molar-refractivity contribution < 1.29 is 53.1 Å². The summed E-state index contributed by atoms with van der Waals surface area (Å²) in [6.07, 6.45) is 6.46. The molecule has 2 fully saturated rings. The molecule has 0 amide bonds. The monoisotopic (exact) mass is 820 g/mol. The van der Waals surface area contributed by atoms with E-state index >= 15 is 0 Å². The molecule has 0 aromatic carbocycles. The van der Waals surface area contributed by atoms with Gasteiger partial charge in [-0.1, -0.05) is 0 Å². The van der Waals surface area contributed by atoms with Gasteiger partial charge in [-0.15, -0.1) is 0 Å². The Kier molecular flexibility index (Phi) is 26.8. The van der Waals surface area contributed by atoms with Crippen LogP contribution < -0.4 is 0 Å². The minimum atomic E-state index is -2.45. The van der Waals surface area contributed by atoms with Crippen LogP contribution in [0, 0.1) is 0 Å². The van der Waals surface area contributed by atoms with E-state index in [-0.39, 0.29) is 0 Å². The van der Waals surface area contributed by atoms with Crippen molar-refractivity contribution in [3.05, 3.63) is 0 Å². The minimum Gasteiger partial charge on any atom is -0.377 e. The van der Waals surface area contributed by atoms with Crippen molar-refractivity contribution in [3.63, 3.8) is 0 Å². The highest BCUT2D eigenvalue weighted by Crippen LogP contribution is 2.20. The van der Waals surface area contributed by atoms with Crippen LogP contribution in [0.4, 0.5) is 0 Å². The van der Waals surface area contributed by atoms with Crippen LogP contribution in [0.25, 0.3) is 0 Å². The van der Waals surface area contributed by atoms with Gasteiger partial charge >= 0.3 is 35.2 Å². The maximum absolute atomic E-state index is 5.50. The standard InChI is InChI=1S/2C16H38N2O6Si2/c2*1-19-25(20-2,21-3)14-8-12-17-10-7-11-18(16-17)13-9-15-26(22-4,23-5)24-6/h2*7-16H2,1-6H3. The molecule has 2 aliphatic heterocycles. The first-order chi connectivity index (χ1) is 25.0. The Morgan fingerprint density at radius 3 is 0.635 bits per heavy atom. The topological polar surface area (TPSA) is 124 Å². The van der Waals surface area contributed by atoms with Gasteiger partial charge in [0.2, 0.25) is 0 Å². The van der Waals surface area contributed by atoms with Gasteiger partial charge in [0.05, 0.1) is 13.3 Å². The van der Waals surface area contributed by atoms with Gasteiger partial charge in [-0.05, 0) is 64.7 Å². The molecule has 0 radical (unpaired) electrons.